The van der Waals surface area contributed by atoms with Crippen LogP contribution in [0, 0.1) is 0 Å². The summed E-state index contributed by atoms with van der Waals surface area (Å²) in [6.07, 6.45) is -2.09. The van der Waals surface area contributed by atoms with Crippen LogP contribution < -0.4 is 10.6 Å². The fourth-order valence-corrected chi connectivity index (χ4v) is 2.33. The Morgan fingerprint density at radius 3 is 2.72 bits per heavy atom. The predicted molar refractivity (Wildman–Crippen MR) is 65.8 cm³/mol. The Morgan fingerprint density at radius 2 is 2.06 bits per heavy atom. The van der Waals surface area contributed by atoms with Crippen molar-refractivity contribution in [2.24, 2.45) is 0 Å². The highest BCUT2D eigenvalue weighted by Crippen LogP contribution is 2.30. The number of benzene rings is 1. The Kier molecular flexibility index (Phi) is 4.11. The Labute approximate surface area is 105 Å². The SMILES string of the molecule is FC(F)(F)CNc1ccccc1C1CCCNC1. The number of rotatable bonds is 3. The summed E-state index contributed by atoms with van der Waals surface area (Å²) in [4.78, 5) is 0. The Balaban J connectivity index is 2.09. The van der Waals surface area contributed by atoms with Crippen LogP contribution in [-0.2, 0) is 0 Å². The quantitative estimate of drug-likeness (QED) is 0.870. The Hall–Kier alpha value is -1.23. The first-order valence-electron chi connectivity index (χ1n) is 6.16. The van der Waals surface area contributed by atoms with Crippen molar-refractivity contribution in [2.75, 3.05) is 25.0 Å². The van der Waals surface area contributed by atoms with Gasteiger partial charge in [0.05, 0.1) is 0 Å². The molecule has 1 aliphatic rings. The van der Waals surface area contributed by atoms with Crippen molar-refractivity contribution < 1.29 is 13.2 Å². The molecule has 1 heterocycles. The minimum atomic E-state index is -4.18. The van der Waals surface area contributed by atoms with Gasteiger partial charge in [-0.25, -0.2) is 0 Å². The summed E-state index contributed by atoms with van der Waals surface area (Å²) < 4.78 is 36.7. The molecule has 0 aliphatic carbocycles. The van der Waals surface area contributed by atoms with Crippen LogP contribution in [-0.4, -0.2) is 25.8 Å². The van der Waals surface area contributed by atoms with E-state index in [-0.39, 0.29) is 0 Å². The minimum absolute atomic E-state index is 0.302. The van der Waals surface area contributed by atoms with Gasteiger partial charge in [-0.05, 0) is 36.9 Å². The van der Waals surface area contributed by atoms with Gasteiger partial charge in [-0.1, -0.05) is 18.2 Å². The molecular weight excluding hydrogens is 241 g/mol. The molecule has 0 bridgehead atoms. The second kappa shape index (κ2) is 5.61. The van der Waals surface area contributed by atoms with E-state index in [0.717, 1.165) is 31.5 Å². The highest BCUT2D eigenvalue weighted by molar-refractivity contribution is 5.53. The van der Waals surface area contributed by atoms with Gasteiger partial charge in [0, 0.05) is 12.2 Å². The normalized spacial score (nSPS) is 20.7. The molecule has 1 aliphatic heterocycles. The molecular formula is C13H17F3N2. The second-order valence-electron chi connectivity index (χ2n) is 4.60. The van der Waals surface area contributed by atoms with E-state index in [1.807, 2.05) is 12.1 Å². The van der Waals surface area contributed by atoms with Crippen LogP contribution in [0.2, 0.25) is 0 Å². The molecule has 0 spiro atoms. The third kappa shape index (κ3) is 3.63. The maximum Gasteiger partial charge on any atom is 0.405 e. The van der Waals surface area contributed by atoms with Crippen LogP contribution in [0.25, 0.3) is 0 Å². The molecule has 1 fully saturated rings. The number of nitrogens with one attached hydrogen (secondary N) is 2. The molecule has 100 valence electrons. The summed E-state index contributed by atoms with van der Waals surface area (Å²) in [5.74, 6) is 0.302. The molecule has 5 heteroatoms. The lowest BCUT2D eigenvalue weighted by Crippen LogP contribution is -2.29. The summed E-state index contributed by atoms with van der Waals surface area (Å²) in [5, 5.41) is 5.78. The molecule has 0 saturated carbocycles. The number of hydrogen-bond donors (Lipinski definition) is 2. The van der Waals surface area contributed by atoms with Crippen LogP contribution in [0.1, 0.15) is 24.3 Å². The van der Waals surface area contributed by atoms with E-state index in [2.05, 4.69) is 10.6 Å². The fraction of sp³-hybridized carbons (Fsp3) is 0.538. The zero-order valence-corrected chi connectivity index (χ0v) is 10.1. The smallest absolute Gasteiger partial charge is 0.376 e. The minimum Gasteiger partial charge on any atom is -0.376 e. The van der Waals surface area contributed by atoms with Crippen molar-refractivity contribution in [3.8, 4) is 0 Å². The van der Waals surface area contributed by atoms with E-state index in [0.29, 0.717) is 11.6 Å². The lowest BCUT2D eigenvalue weighted by atomic mass is 9.90. The Morgan fingerprint density at radius 1 is 1.28 bits per heavy atom. The monoisotopic (exact) mass is 258 g/mol. The molecule has 0 amide bonds. The van der Waals surface area contributed by atoms with E-state index in [1.54, 1.807) is 12.1 Å². The maximum absolute atomic E-state index is 12.2. The van der Waals surface area contributed by atoms with Crippen molar-refractivity contribution in [1.29, 1.82) is 0 Å². The van der Waals surface area contributed by atoms with Gasteiger partial charge in [0.15, 0.2) is 0 Å². The van der Waals surface area contributed by atoms with E-state index in [1.165, 1.54) is 0 Å². The van der Waals surface area contributed by atoms with Gasteiger partial charge < -0.3 is 10.6 Å². The molecule has 2 rings (SSSR count). The largest absolute Gasteiger partial charge is 0.405 e. The number of halogens is 3. The first kappa shape index (κ1) is 13.2. The standard InChI is InChI=1S/C13H17F3N2/c14-13(15,16)9-18-12-6-2-1-5-11(12)10-4-3-7-17-8-10/h1-2,5-6,10,17-18H,3-4,7-9H2. The van der Waals surface area contributed by atoms with Crippen LogP contribution in [0.5, 0.6) is 0 Å². The number of para-hydroxylation sites is 1. The van der Waals surface area contributed by atoms with E-state index < -0.39 is 12.7 Å². The molecule has 1 atom stereocenters. The average Bonchev–Trinajstić information content (AvgIpc) is 2.37. The molecule has 1 unspecified atom stereocenters. The summed E-state index contributed by atoms with van der Waals surface area (Å²) in [7, 11) is 0. The summed E-state index contributed by atoms with van der Waals surface area (Å²) >= 11 is 0. The zero-order valence-electron chi connectivity index (χ0n) is 10.1. The highest BCUT2D eigenvalue weighted by Gasteiger charge is 2.27. The first-order valence-corrected chi connectivity index (χ1v) is 6.16. The van der Waals surface area contributed by atoms with Crippen molar-refractivity contribution in [2.45, 2.75) is 24.9 Å². The summed E-state index contributed by atoms with van der Waals surface area (Å²) in [6, 6.07) is 7.27. The second-order valence-corrected chi connectivity index (χ2v) is 4.60. The van der Waals surface area contributed by atoms with Crippen LogP contribution in [0.4, 0.5) is 18.9 Å². The molecule has 2 nitrogen and oxygen atoms in total. The summed E-state index contributed by atoms with van der Waals surface area (Å²) in [6.45, 7) is 0.851. The lowest BCUT2D eigenvalue weighted by Gasteiger charge is -2.25. The molecule has 1 saturated heterocycles. The van der Waals surface area contributed by atoms with Gasteiger partial charge in [0.2, 0.25) is 0 Å². The van der Waals surface area contributed by atoms with Crippen molar-refractivity contribution >= 4 is 5.69 Å². The number of alkyl halides is 3. The zero-order chi connectivity index (χ0) is 13.0. The van der Waals surface area contributed by atoms with Crippen LogP contribution in [0.3, 0.4) is 0 Å². The van der Waals surface area contributed by atoms with E-state index >= 15 is 0 Å². The molecule has 1 aromatic carbocycles. The average molecular weight is 258 g/mol. The topological polar surface area (TPSA) is 24.1 Å². The van der Waals surface area contributed by atoms with Gasteiger partial charge in [0.25, 0.3) is 0 Å². The number of hydrogen-bond acceptors (Lipinski definition) is 2. The molecule has 18 heavy (non-hydrogen) atoms. The van der Waals surface area contributed by atoms with Gasteiger partial charge in [-0.3, -0.25) is 0 Å². The Bertz CT molecular complexity index is 384. The van der Waals surface area contributed by atoms with Gasteiger partial charge in [-0.2, -0.15) is 13.2 Å². The molecule has 2 N–H and O–H groups in total. The van der Waals surface area contributed by atoms with Gasteiger partial charge in [-0.15, -0.1) is 0 Å². The third-order valence-electron chi connectivity index (χ3n) is 3.18. The first-order chi connectivity index (χ1) is 8.56. The van der Waals surface area contributed by atoms with Gasteiger partial charge in [0.1, 0.15) is 6.54 Å². The van der Waals surface area contributed by atoms with E-state index in [9.17, 15) is 13.2 Å². The fourth-order valence-electron chi connectivity index (χ4n) is 2.33. The van der Waals surface area contributed by atoms with Crippen LogP contribution >= 0.6 is 0 Å². The lowest BCUT2D eigenvalue weighted by molar-refractivity contribution is -0.115. The van der Waals surface area contributed by atoms with Crippen molar-refractivity contribution in [1.82, 2.24) is 5.32 Å². The molecule has 0 radical (unpaired) electrons. The maximum atomic E-state index is 12.2. The van der Waals surface area contributed by atoms with E-state index in [4.69, 9.17) is 0 Å². The highest BCUT2D eigenvalue weighted by atomic mass is 19.4. The number of anilines is 1. The predicted octanol–water partition coefficient (Wildman–Crippen LogP) is 3.13. The van der Waals surface area contributed by atoms with Gasteiger partial charge >= 0.3 is 6.18 Å². The summed E-state index contributed by atoms with van der Waals surface area (Å²) in [5.41, 5.74) is 1.58. The van der Waals surface area contributed by atoms with Crippen LogP contribution in [0.15, 0.2) is 24.3 Å². The molecule has 1 aromatic rings. The third-order valence-corrected chi connectivity index (χ3v) is 3.18. The van der Waals surface area contributed by atoms with Crippen molar-refractivity contribution in [3.05, 3.63) is 29.8 Å². The number of piperidine rings is 1. The van der Waals surface area contributed by atoms with Crippen molar-refractivity contribution in [3.63, 3.8) is 0 Å². The molecule has 0 aromatic heterocycles.